The molecule has 0 saturated carbocycles. The molecule has 0 amide bonds. The molecule has 2 aromatic rings. The SMILES string of the molecule is CO/C(=C1/C=C(c2ccnc(Nc3ccc(S(N)=O)cc3)n2)C=CC1N)C1CCCO1. The van der Waals surface area contributed by atoms with E-state index in [1.165, 1.54) is 0 Å². The van der Waals surface area contributed by atoms with Gasteiger partial charge in [0, 0.05) is 29.6 Å². The molecule has 1 aliphatic heterocycles. The van der Waals surface area contributed by atoms with Crippen molar-refractivity contribution in [3.05, 3.63) is 71.8 Å². The van der Waals surface area contributed by atoms with Crippen LogP contribution in [0.15, 0.2) is 71.0 Å². The van der Waals surface area contributed by atoms with Crippen LogP contribution in [0.2, 0.25) is 0 Å². The van der Waals surface area contributed by atoms with Crippen molar-refractivity contribution in [3.8, 4) is 0 Å². The van der Waals surface area contributed by atoms with Crippen LogP contribution >= 0.6 is 0 Å². The summed E-state index contributed by atoms with van der Waals surface area (Å²) in [5, 5.41) is 8.55. The van der Waals surface area contributed by atoms with Crippen LogP contribution in [0, 0.1) is 0 Å². The second-order valence-electron chi connectivity index (χ2n) is 7.22. The fourth-order valence-electron chi connectivity index (χ4n) is 3.62. The van der Waals surface area contributed by atoms with E-state index in [-0.39, 0.29) is 12.1 Å². The number of nitrogens with two attached hydrogens (primary N) is 2. The summed E-state index contributed by atoms with van der Waals surface area (Å²) < 4.78 is 22.8. The number of hydrogen-bond donors (Lipinski definition) is 3. The first-order chi connectivity index (χ1) is 15.0. The summed E-state index contributed by atoms with van der Waals surface area (Å²) in [7, 11) is 0.143. The van der Waals surface area contributed by atoms with Crippen molar-refractivity contribution in [1.82, 2.24) is 9.97 Å². The highest BCUT2D eigenvalue weighted by atomic mass is 32.2. The molecule has 1 fully saturated rings. The largest absolute Gasteiger partial charge is 0.498 e. The minimum Gasteiger partial charge on any atom is -0.498 e. The molecule has 31 heavy (non-hydrogen) atoms. The van der Waals surface area contributed by atoms with Crippen LogP contribution in [0.25, 0.3) is 5.57 Å². The summed E-state index contributed by atoms with van der Waals surface area (Å²) in [6, 6.07) is 8.53. The lowest BCUT2D eigenvalue weighted by Gasteiger charge is -2.22. The summed E-state index contributed by atoms with van der Waals surface area (Å²) in [4.78, 5) is 9.47. The first-order valence-corrected chi connectivity index (χ1v) is 11.2. The molecule has 0 spiro atoms. The number of ether oxygens (including phenoxy) is 2. The van der Waals surface area contributed by atoms with Crippen LogP contribution in [-0.2, 0) is 20.5 Å². The second-order valence-corrected chi connectivity index (χ2v) is 8.29. The maximum atomic E-state index is 11.3. The van der Waals surface area contributed by atoms with Gasteiger partial charge in [0.2, 0.25) is 5.95 Å². The molecule has 162 valence electrons. The first kappa shape index (κ1) is 21.4. The van der Waals surface area contributed by atoms with Gasteiger partial charge >= 0.3 is 0 Å². The Labute approximate surface area is 183 Å². The van der Waals surface area contributed by atoms with Gasteiger partial charge < -0.3 is 20.5 Å². The number of anilines is 2. The van der Waals surface area contributed by atoms with E-state index >= 15 is 0 Å². The van der Waals surface area contributed by atoms with Gasteiger partial charge in [-0.1, -0.05) is 12.2 Å². The lowest BCUT2D eigenvalue weighted by molar-refractivity contribution is 0.0851. The summed E-state index contributed by atoms with van der Waals surface area (Å²) in [6.07, 6.45) is 9.44. The predicted molar refractivity (Wildman–Crippen MR) is 120 cm³/mol. The Hall–Kier alpha value is -2.85. The number of aromatic nitrogens is 2. The van der Waals surface area contributed by atoms with Crippen LogP contribution in [0.4, 0.5) is 11.6 Å². The van der Waals surface area contributed by atoms with Gasteiger partial charge in [-0.3, -0.25) is 0 Å². The standard InChI is InChI=1S/C22H25N5O3S/c1-29-21(20-3-2-12-30-20)17-13-14(4-9-18(17)23)19-10-11-25-22(27-19)26-15-5-7-16(8-6-15)31(24)28/h4-11,13,18,20H,2-3,12,23-24H2,1H3,(H,25,26,27)/b21-17-. The molecule has 2 aliphatic rings. The Morgan fingerprint density at radius 1 is 1.29 bits per heavy atom. The highest BCUT2D eigenvalue weighted by molar-refractivity contribution is 7.82. The van der Waals surface area contributed by atoms with E-state index in [4.69, 9.17) is 20.3 Å². The predicted octanol–water partition coefficient (Wildman–Crippen LogP) is 2.56. The highest BCUT2D eigenvalue weighted by Crippen LogP contribution is 2.30. The minimum absolute atomic E-state index is 0.0662. The van der Waals surface area contributed by atoms with Gasteiger partial charge in [0.05, 0.1) is 23.7 Å². The molecule has 8 nitrogen and oxygen atoms in total. The monoisotopic (exact) mass is 439 g/mol. The Morgan fingerprint density at radius 2 is 2.10 bits per heavy atom. The van der Waals surface area contributed by atoms with Gasteiger partial charge in [0.1, 0.15) is 22.8 Å². The van der Waals surface area contributed by atoms with Crippen LogP contribution in [0.5, 0.6) is 0 Å². The number of nitrogens with zero attached hydrogens (tertiary/aromatic N) is 2. The van der Waals surface area contributed by atoms with E-state index < -0.39 is 11.0 Å². The van der Waals surface area contributed by atoms with Gasteiger partial charge in [-0.25, -0.2) is 19.3 Å². The Kier molecular flexibility index (Phi) is 6.57. The normalized spacial score (nSPS) is 23.3. The third-order valence-electron chi connectivity index (χ3n) is 5.17. The van der Waals surface area contributed by atoms with Crippen molar-refractivity contribution in [2.75, 3.05) is 19.0 Å². The zero-order valence-electron chi connectivity index (χ0n) is 17.2. The lowest BCUT2D eigenvalue weighted by Crippen LogP contribution is -2.26. The number of nitrogens with one attached hydrogen (secondary N) is 1. The van der Waals surface area contributed by atoms with Gasteiger partial charge in [0.15, 0.2) is 0 Å². The maximum Gasteiger partial charge on any atom is 0.227 e. The molecule has 1 aromatic heterocycles. The zero-order chi connectivity index (χ0) is 21.8. The summed E-state index contributed by atoms with van der Waals surface area (Å²) in [5.74, 6) is 1.22. The molecule has 5 N–H and O–H groups in total. The number of benzene rings is 1. The Morgan fingerprint density at radius 3 is 2.77 bits per heavy atom. The average Bonchev–Trinajstić information content (AvgIpc) is 3.31. The minimum atomic E-state index is -1.51. The van der Waals surface area contributed by atoms with Crippen molar-refractivity contribution in [1.29, 1.82) is 0 Å². The molecule has 0 bridgehead atoms. The number of hydrogen-bond acceptors (Lipinski definition) is 7. The van der Waals surface area contributed by atoms with Crippen molar-refractivity contribution in [2.24, 2.45) is 10.9 Å². The Bertz CT molecular complexity index is 1060. The molecule has 2 heterocycles. The maximum absolute atomic E-state index is 11.3. The van der Waals surface area contributed by atoms with E-state index in [0.717, 1.165) is 47.7 Å². The molecular weight excluding hydrogens is 414 g/mol. The quantitative estimate of drug-likeness (QED) is 0.591. The topological polar surface area (TPSA) is 125 Å². The fraction of sp³-hybridized carbons (Fsp3) is 0.273. The van der Waals surface area contributed by atoms with Crippen LogP contribution < -0.4 is 16.2 Å². The van der Waals surface area contributed by atoms with Crippen molar-refractivity contribution < 1.29 is 13.7 Å². The molecular formula is C22H25N5O3S. The van der Waals surface area contributed by atoms with E-state index in [9.17, 15) is 4.21 Å². The molecule has 3 unspecified atom stereocenters. The van der Waals surface area contributed by atoms with Crippen LogP contribution in [0.1, 0.15) is 18.5 Å². The lowest BCUT2D eigenvalue weighted by atomic mass is 9.93. The van der Waals surface area contributed by atoms with E-state index in [2.05, 4.69) is 15.3 Å². The number of methoxy groups -OCH3 is 1. The number of rotatable bonds is 6. The highest BCUT2D eigenvalue weighted by Gasteiger charge is 2.27. The zero-order valence-corrected chi connectivity index (χ0v) is 18.0. The Balaban J connectivity index is 1.60. The van der Waals surface area contributed by atoms with Gasteiger partial charge in [-0.05, 0) is 49.2 Å². The summed E-state index contributed by atoms with van der Waals surface area (Å²) in [6.45, 7) is 0.732. The summed E-state index contributed by atoms with van der Waals surface area (Å²) in [5.41, 5.74) is 9.64. The second kappa shape index (κ2) is 9.52. The molecule has 9 heteroatoms. The molecule has 4 rings (SSSR count). The van der Waals surface area contributed by atoms with E-state index in [1.54, 1.807) is 37.6 Å². The average molecular weight is 440 g/mol. The number of allylic oxidation sites excluding steroid dienone is 2. The molecule has 1 aromatic carbocycles. The van der Waals surface area contributed by atoms with Crippen molar-refractivity contribution >= 4 is 28.2 Å². The van der Waals surface area contributed by atoms with E-state index in [1.807, 2.05) is 24.3 Å². The first-order valence-electron chi connectivity index (χ1n) is 9.97. The third-order valence-corrected chi connectivity index (χ3v) is 5.91. The summed E-state index contributed by atoms with van der Waals surface area (Å²) >= 11 is 0. The van der Waals surface area contributed by atoms with Crippen molar-refractivity contribution in [2.45, 2.75) is 29.9 Å². The van der Waals surface area contributed by atoms with Gasteiger partial charge in [-0.15, -0.1) is 0 Å². The van der Waals surface area contributed by atoms with Gasteiger partial charge in [-0.2, -0.15) is 0 Å². The van der Waals surface area contributed by atoms with Crippen molar-refractivity contribution in [3.63, 3.8) is 0 Å². The molecule has 3 atom stereocenters. The third kappa shape index (κ3) is 4.91. The smallest absolute Gasteiger partial charge is 0.227 e. The fourth-order valence-corrected chi connectivity index (χ4v) is 4.02. The molecule has 0 radical (unpaired) electrons. The van der Waals surface area contributed by atoms with E-state index in [0.29, 0.717) is 10.8 Å². The molecule has 1 aliphatic carbocycles. The van der Waals surface area contributed by atoms with Crippen LogP contribution in [-0.4, -0.2) is 40.0 Å². The van der Waals surface area contributed by atoms with Gasteiger partial charge in [0.25, 0.3) is 0 Å². The molecule has 1 saturated heterocycles. The van der Waals surface area contributed by atoms with Crippen LogP contribution in [0.3, 0.4) is 0 Å².